The molecular weight excluding hydrogens is 180 g/mol. The highest BCUT2D eigenvalue weighted by Crippen LogP contribution is 1.96. The molecule has 1 N–H and O–H groups in total. The molecule has 0 saturated carbocycles. The molecule has 0 fully saturated rings. The summed E-state index contributed by atoms with van der Waals surface area (Å²) in [5, 5.41) is 9.15. The number of hydrogen-bond donors (Lipinski definition) is 1. The predicted octanol–water partition coefficient (Wildman–Crippen LogP) is -0.181. The number of aliphatic hydroxyl groups excluding tert-OH is 1. The van der Waals surface area contributed by atoms with Gasteiger partial charge in [0.15, 0.2) is 0 Å². The molecule has 0 aromatic rings. The lowest BCUT2D eigenvalue weighted by Crippen LogP contribution is -2.19. The van der Waals surface area contributed by atoms with Crippen molar-refractivity contribution in [3.63, 3.8) is 0 Å². The molecule has 1 atom stereocenters. The van der Waals surface area contributed by atoms with E-state index in [4.69, 9.17) is 9.84 Å². The highest BCUT2D eigenvalue weighted by molar-refractivity contribution is 7.90. The van der Waals surface area contributed by atoms with Crippen molar-refractivity contribution in [1.29, 1.82) is 0 Å². The highest BCUT2D eigenvalue weighted by atomic mass is 32.2. The van der Waals surface area contributed by atoms with Gasteiger partial charge in [0, 0.05) is 12.9 Å². The summed E-state index contributed by atoms with van der Waals surface area (Å²) in [6, 6.07) is 0. The second-order valence-electron chi connectivity index (χ2n) is 2.73. The van der Waals surface area contributed by atoms with Gasteiger partial charge in [0.25, 0.3) is 0 Å². The number of hydrogen-bond acceptors (Lipinski definition) is 4. The molecule has 4 nitrogen and oxygen atoms in total. The van der Waals surface area contributed by atoms with Crippen LogP contribution in [-0.4, -0.2) is 44.9 Å². The molecule has 0 rings (SSSR count). The minimum Gasteiger partial charge on any atom is -0.391 e. The zero-order valence-corrected chi connectivity index (χ0v) is 8.30. The molecule has 0 heterocycles. The number of rotatable bonds is 6. The highest BCUT2D eigenvalue weighted by Gasteiger charge is 2.08. The molecule has 5 heteroatoms. The smallest absolute Gasteiger partial charge is 0.147 e. The predicted molar refractivity (Wildman–Crippen MR) is 46.8 cm³/mol. The van der Waals surface area contributed by atoms with Crippen LogP contribution in [0.2, 0.25) is 0 Å². The van der Waals surface area contributed by atoms with Crippen LogP contribution < -0.4 is 0 Å². The Morgan fingerprint density at radius 1 is 1.50 bits per heavy atom. The third kappa shape index (κ3) is 7.97. The lowest BCUT2D eigenvalue weighted by molar-refractivity contribution is 0.0412. The van der Waals surface area contributed by atoms with Gasteiger partial charge in [-0.25, -0.2) is 8.42 Å². The Labute approximate surface area is 73.5 Å². The van der Waals surface area contributed by atoms with Crippen LogP contribution in [0.5, 0.6) is 0 Å². The summed E-state index contributed by atoms with van der Waals surface area (Å²) < 4.78 is 26.2. The fourth-order valence-corrected chi connectivity index (χ4v) is 1.39. The van der Waals surface area contributed by atoms with Crippen molar-refractivity contribution in [3.8, 4) is 0 Å². The molecule has 0 saturated heterocycles. The zero-order valence-electron chi connectivity index (χ0n) is 7.49. The van der Waals surface area contributed by atoms with E-state index in [9.17, 15) is 8.42 Å². The van der Waals surface area contributed by atoms with Crippen molar-refractivity contribution in [1.82, 2.24) is 0 Å². The maximum atomic E-state index is 10.7. The van der Waals surface area contributed by atoms with Crippen molar-refractivity contribution >= 4 is 9.84 Å². The van der Waals surface area contributed by atoms with E-state index in [0.29, 0.717) is 6.61 Å². The van der Waals surface area contributed by atoms with Gasteiger partial charge in [0.2, 0.25) is 0 Å². The Balaban J connectivity index is 3.51. The van der Waals surface area contributed by atoms with Crippen molar-refractivity contribution in [2.24, 2.45) is 0 Å². The van der Waals surface area contributed by atoms with E-state index in [2.05, 4.69) is 0 Å². The van der Waals surface area contributed by atoms with E-state index in [0.717, 1.165) is 6.26 Å². The van der Waals surface area contributed by atoms with Gasteiger partial charge in [-0.3, -0.25) is 0 Å². The van der Waals surface area contributed by atoms with E-state index >= 15 is 0 Å². The summed E-state index contributed by atoms with van der Waals surface area (Å²) in [6.07, 6.45) is 0.735. The summed E-state index contributed by atoms with van der Waals surface area (Å²) in [5.41, 5.74) is 0. The molecule has 0 aliphatic carbocycles. The normalized spacial score (nSPS) is 14.6. The number of sulfone groups is 1. The maximum Gasteiger partial charge on any atom is 0.147 e. The van der Waals surface area contributed by atoms with Gasteiger partial charge in [-0.15, -0.1) is 0 Å². The standard InChI is InChI=1S/C7H16O4S/c1-3-11-6-7(8)4-5-12(2,9)10/h7-8H,3-6H2,1-2H3. The minimum atomic E-state index is -2.96. The summed E-state index contributed by atoms with van der Waals surface area (Å²) in [6.45, 7) is 2.57. The van der Waals surface area contributed by atoms with Gasteiger partial charge in [0.1, 0.15) is 9.84 Å². The van der Waals surface area contributed by atoms with E-state index < -0.39 is 15.9 Å². The van der Waals surface area contributed by atoms with E-state index in [1.165, 1.54) is 0 Å². The second kappa shape index (κ2) is 5.50. The summed E-state index contributed by atoms with van der Waals surface area (Å²) in [7, 11) is -2.96. The van der Waals surface area contributed by atoms with Crippen molar-refractivity contribution in [2.75, 3.05) is 25.2 Å². The molecule has 0 aliphatic heterocycles. The van der Waals surface area contributed by atoms with E-state index in [1.54, 1.807) is 0 Å². The first kappa shape index (κ1) is 11.9. The Kier molecular flexibility index (Phi) is 5.44. The maximum absolute atomic E-state index is 10.7. The summed E-state index contributed by atoms with van der Waals surface area (Å²) in [4.78, 5) is 0. The fourth-order valence-electron chi connectivity index (χ4n) is 0.687. The summed E-state index contributed by atoms with van der Waals surface area (Å²) in [5.74, 6) is 0.0151. The van der Waals surface area contributed by atoms with Crippen LogP contribution in [0.15, 0.2) is 0 Å². The molecular formula is C7H16O4S. The van der Waals surface area contributed by atoms with Gasteiger partial charge in [-0.2, -0.15) is 0 Å². The molecule has 12 heavy (non-hydrogen) atoms. The second-order valence-corrected chi connectivity index (χ2v) is 4.99. The van der Waals surface area contributed by atoms with Crippen LogP contribution in [0.4, 0.5) is 0 Å². The Morgan fingerprint density at radius 2 is 2.08 bits per heavy atom. The average Bonchev–Trinajstić information content (AvgIpc) is 1.95. The fraction of sp³-hybridized carbons (Fsp3) is 1.00. The van der Waals surface area contributed by atoms with Gasteiger partial charge in [0.05, 0.1) is 18.5 Å². The Hall–Kier alpha value is -0.130. The molecule has 0 amide bonds. The minimum absolute atomic E-state index is 0.0151. The molecule has 0 aromatic carbocycles. The van der Waals surface area contributed by atoms with E-state index in [-0.39, 0.29) is 18.8 Å². The molecule has 74 valence electrons. The monoisotopic (exact) mass is 196 g/mol. The van der Waals surface area contributed by atoms with Crippen molar-refractivity contribution in [2.45, 2.75) is 19.4 Å². The van der Waals surface area contributed by atoms with Crippen LogP contribution in [0.3, 0.4) is 0 Å². The van der Waals surface area contributed by atoms with Gasteiger partial charge >= 0.3 is 0 Å². The van der Waals surface area contributed by atoms with Gasteiger partial charge in [-0.05, 0) is 13.3 Å². The lowest BCUT2D eigenvalue weighted by Gasteiger charge is -2.08. The van der Waals surface area contributed by atoms with Crippen LogP contribution in [0, 0.1) is 0 Å². The lowest BCUT2D eigenvalue weighted by atomic mass is 10.3. The van der Waals surface area contributed by atoms with Crippen LogP contribution >= 0.6 is 0 Å². The topological polar surface area (TPSA) is 63.6 Å². The Morgan fingerprint density at radius 3 is 2.50 bits per heavy atom. The van der Waals surface area contributed by atoms with E-state index in [1.807, 2.05) is 6.92 Å². The summed E-state index contributed by atoms with van der Waals surface area (Å²) >= 11 is 0. The first-order valence-corrected chi connectivity index (χ1v) is 5.95. The third-order valence-electron chi connectivity index (χ3n) is 1.34. The Bertz CT molecular complexity index is 197. The largest absolute Gasteiger partial charge is 0.391 e. The number of aliphatic hydroxyl groups is 1. The first-order chi connectivity index (χ1) is 5.45. The molecule has 0 bridgehead atoms. The number of ether oxygens (including phenoxy) is 1. The van der Waals surface area contributed by atoms with Gasteiger partial charge < -0.3 is 9.84 Å². The molecule has 0 spiro atoms. The van der Waals surface area contributed by atoms with Crippen LogP contribution in [-0.2, 0) is 14.6 Å². The first-order valence-electron chi connectivity index (χ1n) is 3.89. The quantitative estimate of drug-likeness (QED) is 0.640. The molecule has 0 aromatic heterocycles. The van der Waals surface area contributed by atoms with Crippen molar-refractivity contribution < 1.29 is 18.3 Å². The van der Waals surface area contributed by atoms with Crippen LogP contribution in [0.25, 0.3) is 0 Å². The van der Waals surface area contributed by atoms with Gasteiger partial charge in [-0.1, -0.05) is 0 Å². The van der Waals surface area contributed by atoms with Crippen LogP contribution in [0.1, 0.15) is 13.3 Å². The molecule has 0 radical (unpaired) electrons. The third-order valence-corrected chi connectivity index (χ3v) is 2.31. The average molecular weight is 196 g/mol. The molecule has 1 unspecified atom stereocenters. The van der Waals surface area contributed by atoms with Crippen molar-refractivity contribution in [3.05, 3.63) is 0 Å². The molecule has 0 aliphatic rings. The zero-order chi connectivity index (χ0) is 9.61. The SMILES string of the molecule is CCOCC(O)CCS(C)(=O)=O.